The zero-order valence-corrected chi connectivity index (χ0v) is 12.0. The van der Waals surface area contributed by atoms with Gasteiger partial charge < -0.3 is 0 Å². The lowest BCUT2D eigenvalue weighted by Crippen LogP contribution is -2.13. The molecule has 0 aromatic carbocycles. The fourth-order valence-electron chi connectivity index (χ4n) is 2.77. The highest BCUT2D eigenvalue weighted by molar-refractivity contribution is 5.33. The number of aromatic nitrogens is 1. The number of hydrogen-bond acceptors (Lipinski definition) is 1. The Morgan fingerprint density at radius 2 is 1.95 bits per heavy atom. The van der Waals surface area contributed by atoms with Gasteiger partial charge in [0.25, 0.3) is 0 Å². The zero-order valence-electron chi connectivity index (χ0n) is 12.0. The topological polar surface area (TPSA) is 12.9 Å². The lowest BCUT2D eigenvalue weighted by molar-refractivity contribution is 0.296. The number of unbranched alkanes of at least 4 members (excludes halogenated alkanes) is 1. The van der Waals surface area contributed by atoms with Gasteiger partial charge in [0.1, 0.15) is 0 Å². The fraction of sp³-hybridized carbons (Fsp3) is 0.588. The Balaban J connectivity index is 1.88. The Kier molecular flexibility index (Phi) is 5.52. The Morgan fingerprint density at radius 1 is 1.20 bits per heavy atom. The average Bonchev–Trinajstić information content (AvgIpc) is 2.45. The van der Waals surface area contributed by atoms with Crippen LogP contribution in [0.4, 0.5) is 8.78 Å². The predicted molar refractivity (Wildman–Crippen MR) is 76.0 cm³/mol. The second-order valence-corrected chi connectivity index (χ2v) is 5.60. The van der Waals surface area contributed by atoms with Crippen molar-refractivity contribution in [1.29, 1.82) is 0 Å². The van der Waals surface area contributed by atoms with Crippen molar-refractivity contribution in [2.45, 2.75) is 51.9 Å². The second kappa shape index (κ2) is 7.38. The smallest absolute Gasteiger partial charge is 0.189 e. The van der Waals surface area contributed by atoms with E-state index in [0.29, 0.717) is 5.92 Å². The highest BCUT2D eigenvalue weighted by Crippen LogP contribution is 2.31. The van der Waals surface area contributed by atoms with Crippen molar-refractivity contribution >= 4 is 0 Å². The molecule has 3 heteroatoms. The molecule has 1 aromatic heterocycles. The summed E-state index contributed by atoms with van der Waals surface area (Å²) in [5.41, 5.74) is 0.194. The molecule has 108 valence electrons. The predicted octanol–water partition coefficient (Wildman–Crippen LogP) is 4.71. The number of halogens is 2. The molecule has 1 nitrogen and oxygen atoms in total. The molecule has 20 heavy (non-hydrogen) atoms. The van der Waals surface area contributed by atoms with E-state index in [2.05, 4.69) is 23.7 Å². The Labute approximate surface area is 119 Å². The first-order valence-electron chi connectivity index (χ1n) is 7.52. The number of rotatable bonds is 3. The molecule has 1 fully saturated rings. The SMILES string of the molecule is CCCC[C@H]1CC[C@H](C#Cc2ccc(F)nc2F)CC1. The molecule has 1 heterocycles. The van der Waals surface area contributed by atoms with Gasteiger partial charge in [0.2, 0.25) is 11.9 Å². The van der Waals surface area contributed by atoms with Crippen LogP contribution in [0.2, 0.25) is 0 Å². The first-order valence-corrected chi connectivity index (χ1v) is 7.52. The van der Waals surface area contributed by atoms with Gasteiger partial charge in [0.15, 0.2) is 0 Å². The van der Waals surface area contributed by atoms with E-state index in [1.807, 2.05) is 0 Å². The monoisotopic (exact) mass is 277 g/mol. The molecule has 0 atom stereocenters. The van der Waals surface area contributed by atoms with Crippen LogP contribution in [-0.2, 0) is 0 Å². The van der Waals surface area contributed by atoms with Gasteiger partial charge in [-0.15, -0.1) is 0 Å². The van der Waals surface area contributed by atoms with Gasteiger partial charge in [-0.25, -0.2) is 0 Å². The van der Waals surface area contributed by atoms with Crippen LogP contribution in [-0.4, -0.2) is 4.98 Å². The Hall–Kier alpha value is -1.43. The van der Waals surface area contributed by atoms with Gasteiger partial charge in [-0.05, 0) is 43.7 Å². The van der Waals surface area contributed by atoms with Crippen LogP contribution in [0.3, 0.4) is 0 Å². The van der Waals surface area contributed by atoms with E-state index in [9.17, 15) is 8.78 Å². The van der Waals surface area contributed by atoms with E-state index >= 15 is 0 Å². The quantitative estimate of drug-likeness (QED) is 0.576. The zero-order chi connectivity index (χ0) is 14.4. The van der Waals surface area contributed by atoms with Crippen molar-refractivity contribution in [1.82, 2.24) is 4.98 Å². The number of pyridine rings is 1. The van der Waals surface area contributed by atoms with Crippen LogP contribution in [0.5, 0.6) is 0 Å². The molecular formula is C17H21F2N. The molecule has 0 spiro atoms. The van der Waals surface area contributed by atoms with Gasteiger partial charge >= 0.3 is 0 Å². The van der Waals surface area contributed by atoms with Crippen molar-refractivity contribution in [3.05, 3.63) is 29.6 Å². The third kappa shape index (κ3) is 4.30. The summed E-state index contributed by atoms with van der Waals surface area (Å²) in [5.74, 6) is 5.51. The number of nitrogens with zero attached hydrogens (tertiary/aromatic N) is 1. The summed E-state index contributed by atoms with van der Waals surface area (Å²) in [7, 11) is 0. The molecule has 1 saturated carbocycles. The molecular weight excluding hydrogens is 256 g/mol. The molecule has 2 rings (SSSR count). The maximum absolute atomic E-state index is 13.4. The van der Waals surface area contributed by atoms with Crippen molar-refractivity contribution < 1.29 is 8.78 Å². The van der Waals surface area contributed by atoms with E-state index in [4.69, 9.17) is 0 Å². The minimum absolute atomic E-state index is 0.194. The van der Waals surface area contributed by atoms with Gasteiger partial charge in [-0.1, -0.05) is 38.0 Å². The normalized spacial score (nSPS) is 22.1. The molecule has 0 radical (unpaired) electrons. The first-order chi connectivity index (χ1) is 9.69. The Bertz CT molecular complexity index is 493. The summed E-state index contributed by atoms with van der Waals surface area (Å²) in [6.07, 6.45) is 8.54. The molecule has 1 aliphatic carbocycles. The minimum Gasteiger partial charge on any atom is -0.189 e. The Morgan fingerprint density at radius 3 is 2.60 bits per heavy atom. The van der Waals surface area contributed by atoms with Crippen LogP contribution >= 0.6 is 0 Å². The van der Waals surface area contributed by atoms with Crippen LogP contribution in [0.1, 0.15) is 57.4 Å². The molecule has 1 aliphatic rings. The van der Waals surface area contributed by atoms with Crippen LogP contribution in [0.15, 0.2) is 12.1 Å². The lowest BCUT2D eigenvalue weighted by Gasteiger charge is -2.25. The van der Waals surface area contributed by atoms with Crippen LogP contribution in [0.25, 0.3) is 0 Å². The third-order valence-electron chi connectivity index (χ3n) is 4.04. The maximum atomic E-state index is 13.4. The van der Waals surface area contributed by atoms with E-state index < -0.39 is 11.9 Å². The van der Waals surface area contributed by atoms with E-state index in [0.717, 1.165) is 24.8 Å². The standard InChI is InChI=1S/C17H21F2N/c1-2-3-4-13-5-7-14(8-6-13)9-10-15-11-12-16(18)20-17(15)19/h11-14H,2-8H2,1H3/t13-,14-. The summed E-state index contributed by atoms with van der Waals surface area (Å²) in [5, 5.41) is 0. The summed E-state index contributed by atoms with van der Waals surface area (Å²) < 4.78 is 26.0. The highest BCUT2D eigenvalue weighted by atomic mass is 19.1. The van der Waals surface area contributed by atoms with Crippen LogP contribution < -0.4 is 0 Å². The molecule has 0 amide bonds. The maximum Gasteiger partial charge on any atom is 0.231 e. The van der Waals surface area contributed by atoms with Crippen molar-refractivity contribution in [3.63, 3.8) is 0 Å². The van der Waals surface area contributed by atoms with E-state index in [1.165, 1.54) is 38.2 Å². The third-order valence-corrected chi connectivity index (χ3v) is 4.04. The highest BCUT2D eigenvalue weighted by Gasteiger charge is 2.19. The average molecular weight is 277 g/mol. The largest absolute Gasteiger partial charge is 0.231 e. The van der Waals surface area contributed by atoms with Gasteiger partial charge in [-0.2, -0.15) is 13.8 Å². The number of hydrogen-bond donors (Lipinski definition) is 0. The molecule has 1 aromatic rings. The summed E-state index contributed by atoms with van der Waals surface area (Å²) >= 11 is 0. The van der Waals surface area contributed by atoms with Crippen LogP contribution in [0, 0.1) is 35.6 Å². The van der Waals surface area contributed by atoms with Crippen molar-refractivity contribution in [2.24, 2.45) is 11.8 Å². The fourth-order valence-corrected chi connectivity index (χ4v) is 2.77. The van der Waals surface area contributed by atoms with Crippen molar-refractivity contribution in [2.75, 3.05) is 0 Å². The van der Waals surface area contributed by atoms with Gasteiger partial charge in [-0.3, -0.25) is 0 Å². The first kappa shape index (κ1) is 15.0. The van der Waals surface area contributed by atoms with Gasteiger partial charge in [0.05, 0.1) is 5.56 Å². The molecule has 0 unspecified atom stereocenters. The minimum atomic E-state index is -0.811. The summed E-state index contributed by atoms with van der Waals surface area (Å²) in [4.78, 5) is 3.15. The molecule has 0 N–H and O–H groups in total. The summed E-state index contributed by atoms with van der Waals surface area (Å²) in [6, 6.07) is 2.51. The van der Waals surface area contributed by atoms with Crippen molar-refractivity contribution in [3.8, 4) is 11.8 Å². The second-order valence-electron chi connectivity index (χ2n) is 5.60. The molecule has 0 aliphatic heterocycles. The molecule has 0 bridgehead atoms. The lowest BCUT2D eigenvalue weighted by atomic mass is 9.80. The summed E-state index contributed by atoms with van der Waals surface area (Å²) in [6.45, 7) is 2.22. The van der Waals surface area contributed by atoms with Gasteiger partial charge in [0, 0.05) is 5.92 Å². The van der Waals surface area contributed by atoms with E-state index in [1.54, 1.807) is 0 Å². The molecule has 0 saturated heterocycles. The van der Waals surface area contributed by atoms with E-state index in [-0.39, 0.29) is 5.56 Å².